The molecule has 0 unspecified atom stereocenters. The molecule has 3 rings (SSSR count). The van der Waals surface area contributed by atoms with E-state index in [1.54, 1.807) is 24.3 Å². The van der Waals surface area contributed by atoms with Crippen molar-refractivity contribution in [3.05, 3.63) is 48.0 Å². The average Bonchev–Trinajstić information content (AvgIpc) is 3.09. The summed E-state index contributed by atoms with van der Waals surface area (Å²) in [5.74, 6) is 0.252. The lowest BCUT2D eigenvalue weighted by atomic mass is 10.2. The first-order valence-corrected chi connectivity index (χ1v) is 10.8. The summed E-state index contributed by atoms with van der Waals surface area (Å²) in [4.78, 5) is 28.6. The molecule has 0 bridgehead atoms. The minimum Gasteiger partial charge on any atom is -0.494 e. The van der Waals surface area contributed by atoms with Crippen LogP contribution in [0.2, 0.25) is 0 Å². The first-order valence-electron chi connectivity index (χ1n) is 9.54. The number of hydrogen-bond acceptors (Lipinski definition) is 6. The number of thiocarbonyl (C=S) groups is 1. The number of thiazole rings is 1. The van der Waals surface area contributed by atoms with Crippen LogP contribution in [0.5, 0.6) is 5.75 Å². The molecule has 0 spiro atoms. The van der Waals surface area contributed by atoms with Crippen molar-refractivity contribution in [2.24, 2.45) is 0 Å². The fraction of sp³-hybridized carbons (Fsp3) is 0.238. The molecule has 0 aliphatic rings. The van der Waals surface area contributed by atoms with Gasteiger partial charge in [0.1, 0.15) is 5.75 Å². The van der Waals surface area contributed by atoms with Gasteiger partial charge in [0, 0.05) is 17.7 Å². The maximum atomic E-state index is 12.4. The van der Waals surface area contributed by atoms with Crippen LogP contribution in [0.4, 0.5) is 10.8 Å². The lowest BCUT2D eigenvalue weighted by molar-refractivity contribution is -0.116. The smallest absolute Gasteiger partial charge is 0.257 e. The van der Waals surface area contributed by atoms with Crippen LogP contribution in [0.25, 0.3) is 10.2 Å². The molecule has 0 saturated carbocycles. The van der Waals surface area contributed by atoms with E-state index in [0.29, 0.717) is 35.2 Å². The summed E-state index contributed by atoms with van der Waals surface area (Å²) in [5.41, 5.74) is 1.95. The molecule has 156 valence electrons. The van der Waals surface area contributed by atoms with E-state index in [2.05, 4.69) is 20.9 Å². The third-order valence-electron chi connectivity index (χ3n) is 4.00. The zero-order valence-electron chi connectivity index (χ0n) is 16.7. The number of amides is 2. The highest BCUT2D eigenvalue weighted by Crippen LogP contribution is 2.28. The van der Waals surface area contributed by atoms with E-state index in [0.717, 1.165) is 16.6 Å². The molecule has 9 heteroatoms. The number of aromatic nitrogens is 1. The number of fused-ring (bicyclic) bond motifs is 1. The molecule has 0 aliphatic carbocycles. The monoisotopic (exact) mass is 442 g/mol. The minimum atomic E-state index is -0.325. The van der Waals surface area contributed by atoms with Crippen molar-refractivity contribution in [3.63, 3.8) is 0 Å². The molecule has 2 amide bonds. The van der Waals surface area contributed by atoms with Crippen molar-refractivity contribution in [1.29, 1.82) is 0 Å². The molecule has 3 N–H and O–H groups in total. The van der Waals surface area contributed by atoms with E-state index < -0.39 is 0 Å². The predicted molar refractivity (Wildman–Crippen MR) is 124 cm³/mol. The van der Waals surface area contributed by atoms with Crippen LogP contribution in [0.15, 0.2) is 42.5 Å². The number of nitrogens with one attached hydrogen (secondary N) is 3. The lowest BCUT2D eigenvalue weighted by Gasteiger charge is -2.10. The summed E-state index contributed by atoms with van der Waals surface area (Å²) >= 11 is 6.65. The van der Waals surface area contributed by atoms with Gasteiger partial charge in [-0.3, -0.25) is 14.9 Å². The van der Waals surface area contributed by atoms with Gasteiger partial charge >= 0.3 is 0 Å². The fourth-order valence-electron chi connectivity index (χ4n) is 2.70. The van der Waals surface area contributed by atoms with Gasteiger partial charge in [0.2, 0.25) is 5.91 Å². The number of anilines is 2. The molecule has 0 atom stereocenters. The van der Waals surface area contributed by atoms with Crippen molar-refractivity contribution in [3.8, 4) is 5.75 Å². The van der Waals surface area contributed by atoms with E-state index in [1.165, 1.54) is 11.3 Å². The van der Waals surface area contributed by atoms with Gasteiger partial charge in [-0.2, -0.15) is 0 Å². The van der Waals surface area contributed by atoms with Gasteiger partial charge in [-0.05, 0) is 62.0 Å². The molecular weight excluding hydrogens is 420 g/mol. The number of hydrogen-bond donors (Lipinski definition) is 3. The highest BCUT2D eigenvalue weighted by molar-refractivity contribution is 7.80. The van der Waals surface area contributed by atoms with Crippen LogP contribution in [-0.2, 0) is 4.79 Å². The van der Waals surface area contributed by atoms with Crippen molar-refractivity contribution in [2.45, 2.75) is 26.7 Å². The Morgan fingerprint density at radius 3 is 2.73 bits per heavy atom. The summed E-state index contributed by atoms with van der Waals surface area (Å²) in [5, 5.41) is 9.22. The SMILES string of the molecule is CCCC(=O)Nc1nc2ccc(NC(=S)NC(=O)c3cccc(OCC)c3)cc2s1. The van der Waals surface area contributed by atoms with Gasteiger partial charge in [-0.1, -0.05) is 24.3 Å². The van der Waals surface area contributed by atoms with Gasteiger partial charge < -0.3 is 15.4 Å². The normalized spacial score (nSPS) is 10.5. The molecule has 2 aromatic carbocycles. The fourth-order valence-corrected chi connectivity index (χ4v) is 3.83. The van der Waals surface area contributed by atoms with E-state index in [4.69, 9.17) is 17.0 Å². The highest BCUT2D eigenvalue weighted by Gasteiger charge is 2.11. The Bertz CT molecular complexity index is 1080. The van der Waals surface area contributed by atoms with Crippen LogP contribution in [0, 0.1) is 0 Å². The molecule has 3 aromatic rings. The Morgan fingerprint density at radius 2 is 1.97 bits per heavy atom. The second-order valence-corrected chi connectivity index (χ2v) is 7.81. The van der Waals surface area contributed by atoms with Crippen molar-refractivity contribution >= 4 is 61.5 Å². The molecule has 1 heterocycles. The molecule has 0 aliphatic heterocycles. The number of ether oxygens (including phenoxy) is 1. The van der Waals surface area contributed by atoms with Crippen LogP contribution in [0.1, 0.15) is 37.0 Å². The first kappa shape index (κ1) is 21.7. The predicted octanol–water partition coefficient (Wildman–Crippen LogP) is 4.56. The van der Waals surface area contributed by atoms with Gasteiger partial charge in [0.05, 0.1) is 16.8 Å². The third kappa shape index (κ3) is 5.74. The number of benzene rings is 2. The summed E-state index contributed by atoms with van der Waals surface area (Å²) in [6.07, 6.45) is 1.24. The van der Waals surface area contributed by atoms with Crippen molar-refractivity contribution < 1.29 is 14.3 Å². The number of carbonyl (C=O) groups is 2. The van der Waals surface area contributed by atoms with Gasteiger partial charge in [0.15, 0.2) is 10.2 Å². The first-order chi connectivity index (χ1) is 14.5. The molecule has 0 saturated heterocycles. The third-order valence-corrected chi connectivity index (χ3v) is 5.14. The molecule has 0 fully saturated rings. The highest BCUT2D eigenvalue weighted by atomic mass is 32.1. The molecule has 7 nitrogen and oxygen atoms in total. The number of nitrogens with zero attached hydrogens (tertiary/aromatic N) is 1. The van der Waals surface area contributed by atoms with E-state index in [-0.39, 0.29) is 16.9 Å². The lowest BCUT2D eigenvalue weighted by Crippen LogP contribution is -2.34. The van der Waals surface area contributed by atoms with E-state index >= 15 is 0 Å². The zero-order chi connectivity index (χ0) is 21.5. The minimum absolute atomic E-state index is 0.0489. The van der Waals surface area contributed by atoms with Gasteiger partial charge in [-0.15, -0.1) is 0 Å². The van der Waals surface area contributed by atoms with Crippen LogP contribution in [0.3, 0.4) is 0 Å². The van der Waals surface area contributed by atoms with Crippen LogP contribution in [-0.4, -0.2) is 28.5 Å². The quantitative estimate of drug-likeness (QED) is 0.465. The van der Waals surface area contributed by atoms with Crippen molar-refractivity contribution in [1.82, 2.24) is 10.3 Å². The Hall–Kier alpha value is -3.04. The standard InChI is InChI=1S/C21H22N4O3S2/c1-3-6-18(26)24-21-23-16-10-9-14(12-17(16)30-21)22-20(29)25-19(27)13-7-5-8-15(11-13)28-4-2/h5,7-12H,3-4,6H2,1-2H3,(H,23,24,26)(H2,22,25,27,29). The molecule has 1 aromatic heterocycles. The second-order valence-electron chi connectivity index (χ2n) is 6.37. The van der Waals surface area contributed by atoms with Gasteiger partial charge in [-0.25, -0.2) is 4.98 Å². The Morgan fingerprint density at radius 1 is 1.13 bits per heavy atom. The Labute approximate surface area is 183 Å². The van der Waals surface area contributed by atoms with Crippen molar-refractivity contribution in [2.75, 3.05) is 17.2 Å². The maximum absolute atomic E-state index is 12.4. The maximum Gasteiger partial charge on any atom is 0.257 e. The number of rotatable bonds is 7. The summed E-state index contributed by atoms with van der Waals surface area (Å²) in [7, 11) is 0. The molecule has 0 radical (unpaired) electrons. The summed E-state index contributed by atoms with van der Waals surface area (Å²) < 4.78 is 6.31. The van der Waals surface area contributed by atoms with E-state index in [1.807, 2.05) is 32.0 Å². The summed E-state index contributed by atoms with van der Waals surface area (Å²) in [6.45, 7) is 4.36. The average molecular weight is 443 g/mol. The Kier molecular flexibility index (Phi) is 7.31. The van der Waals surface area contributed by atoms with Crippen LogP contribution < -0.4 is 20.7 Å². The van der Waals surface area contributed by atoms with Gasteiger partial charge in [0.25, 0.3) is 5.91 Å². The zero-order valence-corrected chi connectivity index (χ0v) is 18.3. The van der Waals surface area contributed by atoms with E-state index in [9.17, 15) is 9.59 Å². The Balaban J connectivity index is 1.63. The molecule has 30 heavy (non-hydrogen) atoms. The molecular formula is C21H22N4O3S2. The van der Waals surface area contributed by atoms with Crippen LogP contribution >= 0.6 is 23.6 Å². The largest absolute Gasteiger partial charge is 0.494 e. The summed E-state index contributed by atoms with van der Waals surface area (Å²) in [6, 6.07) is 12.4. The topological polar surface area (TPSA) is 92.4 Å². The number of carbonyl (C=O) groups excluding carboxylic acids is 2. The second kappa shape index (κ2) is 10.1.